The predicted octanol–water partition coefficient (Wildman–Crippen LogP) is 11.8. The van der Waals surface area contributed by atoms with Crippen molar-refractivity contribution in [3.63, 3.8) is 0 Å². The molecule has 2 aromatic rings. The lowest BCUT2D eigenvalue weighted by atomic mass is 10.1. The van der Waals surface area contributed by atoms with E-state index in [0.717, 1.165) is 38.5 Å². The number of benzene rings is 2. The highest BCUT2D eigenvalue weighted by Gasteiger charge is 2.28. The van der Waals surface area contributed by atoms with Crippen LogP contribution in [0, 0.1) is 0 Å². The fraction of sp³-hybridized carbons (Fsp3) is 0.632. The number of hydrogen-bond donors (Lipinski definition) is 4. The molecule has 0 heterocycles. The first kappa shape index (κ1) is 47.5. The largest absolute Gasteiger partial charge is 0.308 e. The Kier molecular flexibility index (Phi) is 26.2. The number of nitrogens with one attached hydrogen (secondary N) is 2. The molecular weight excluding hydrogens is 773 g/mol. The van der Waals surface area contributed by atoms with E-state index in [0.29, 0.717) is 44.5 Å². The van der Waals surface area contributed by atoms with Gasteiger partial charge in [-0.2, -0.15) is 16.8 Å². The third-order valence-corrected chi connectivity index (χ3v) is 20.8. The van der Waals surface area contributed by atoms with Crippen LogP contribution in [0.1, 0.15) is 142 Å². The van der Waals surface area contributed by atoms with E-state index in [4.69, 9.17) is 0 Å². The molecule has 0 amide bonds. The number of hydrogen-bond acceptors (Lipinski definition) is 8. The molecule has 2 unspecified atom stereocenters. The van der Waals surface area contributed by atoms with Crippen LogP contribution in [-0.4, -0.2) is 46.1 Å². The third kappa shape index (κ3) is 20.8. The van der Waals surface area contributed by atoms with Crippen molar-refractivity contribution in [1.82, 2.24) is 9.44 Å². The molecule has 0 bridgehead atoms. The minimum atomic E-state index is -4.75. The predicted molar refractivity (Wildman–Crippen MR) is 233 cm³/mol. The Balaban J connectivity index is 2.20. The SMILES string of the molecule is CCCCCCCCCCCCNS(=C(SSC(=S(NCCCCCCCCCCCC)c1ccccc1)S(=O)(=O)O)S(=O)(=O)O)c1ccccc1. The smallest absolute Gasteiger partial charge is 0.281 e. The summed E-state index contributed by atoms with van der Waals surface area (Å²) in [5.41, 5.74) is 0. The zero-order chi connectivity index (χ0) is 37.9. The molecule has 2 atom stereocenters. The first-order chi connectivity index (χ1) is 25.1. The molecule has 2 rings (SSSR count). The monoisotopic (exact) mass is 836 g/mol. The minimum absolute atomic E-state index is 0.303. The van der Waals surface area contributed by atoms with Crippen molar-refractivity contribution in [2.75, 3.05) is 13.1 Å². The van der Waals surface area contributed by atoms with Crippen LogP contribution >= 0.6 is 42.9 Å². The molecule has 2 aromatic carbocycles. The van der Waals surface area contributed by atoms with Gasteiger partial charge in [-0.15, -0.1) is 0 Å². The maximum atomic E-state index is 13.0. The molecule has 0 saturated carbocycles. The molecule has 0 aliphatic heterocycles. The van der Waals surface area contributed by atoms with Crippen molar-refractivity contribution in [3.8, 4) is 0 Å². The maximum Gasteiger partial charge on any atom is 0.308 e. The Bertz CT molecular complexity index is 1410. The summed E-state index contributed by atoms with van der Waals surface area (Å²) in [6.45, 7) is 5.51. The summed E-state index contributed by atoms with van der Waals surface area (Å²) < 4.78 is 78.9. The minimum Gasteiger partial charge on any atom is -0.281 e. The summed E-state index contributed by atoms with van der Waals surface area (Å²) in [6.07, 6.45) is 23.5. The summed E-state index contributed by atoms with van der Waals surface area (Å²) in [6, 6.07) is 18.0. The van der Waals surface area contributed by atoms with E-state index >= 15 is 0 Å². The lowest BCUT2D eigenvalue weighted by Crippen LogP contribution is -2.20. The molecule has 0 aliphatic rings. The van der Waals surface area contributed by atoms with Gasteiger partial charge in [0, 0.05) is 22.9 Å². The van der Waals surface area contributed by atoms with Gasteiger partial charge in [-0.05, 0) is 58.7 Å². The molecule has 4 N–H and O–H groups in total. The van der Waals surface area contributed by atoms with Crippen LogP contribution in [-0.2, 0) is 20.2 Å². The molecule has 0 fully saturated rings. The van der Waals surface area contributed by atoms with Gasteiger partial charge in [0.05, 0.1) is 0 Å². The van der Waals surface area contributed by atoms with Crippen LogP contribution in [0.4, 0.5) is 0 Å². The Morgan fingerprint density at radius 1 is 0.481 bits per heavy atom. The summed E-state index contributed by atoms with van der Waals surface area (Å²) >= 11 is 0. The van der Waals surface area contributed by atoms with E-state index in [1.165, 1.54) is 89.9 Å². The fourth-order valence-corrected chi connectivity index (χ4v) is 17.4. The van der Waals surface area contributed by atoms with E-state index in [2.05, 4.69) is 23.3 Å². The lowest BCUT2D eigenvalue weighted by molar-refractivity contribution is 0.497. The van der Waals surface area contributed by atoms with Crippen LogP contribution in [0.3, 0.4) is 0 Å². The first-order valence-electron chi connectivity index (χ1n) is 19.2. The van der Waals surface area contributed by atoms with Crippen LogP contribution in [0.2, 0.25) is 0 Å². The molecule has 0 aliphatic carbocycles. The number of unbranched alkanes of at least 4 members (excludes halogenated alkanes) is 18. The van der Waals surface area contributed by atoms with Gasteiger partial charge in [-0.1, -0.05) is 187 Å². The topological polar surface area (TPSA) is 133 Å². The van der Waals surface area contributed by atoms with Gasteiger partial charge >= 0.3 is 20.2 Å². The average Bonchev–Trinajstić information content (AvgIpc) is 3.12. The number of rotatable bonds is 26. The van der Waals surface area contributed by atoms with E-state index in [-0.39, 0.29) is 7.06 Å². The van der Waals surface area contributed by atoms with Crippen molar-refractivity contribution in [2.24, 2.45) is 0 Å². The van der Waals surface area contributed by atoms with Crippen molar-refractivity contribution in [2.45, 2.75) is 152 Å². The van der Waals surface area contributed by atoms with Gasteiger partial charge in [-0.3, -0.25) is 18.5 Å². The van der Waals surface area contributed by atoms with Gasteiger partial charge in [0.25, 0.3) is 0 Å². The molecule has 0 spiro atoms. The quantitative estimate of drug-likeness (QED) is 0.0314. The summed E-state index contributed by atoms with van der Waals surface area (Å²) in [5, 5.41) is 0. The van der Waals surface area contributed by atoms with Crippen molar-refractivity contribution in [3.05, 3.63) is 60.7 Å². The van der Waals surface area contributed by atoms with Gasteiger partial charge in [0.2, 0.25) is 0 Å². The zero-order valence-corrected chi connectivity index (χ0v) is 36.2. The highest BCUT2D eigenvalue weighted by Crippen LogP contribution is 2.41. The first-order valence-corrected chi connectivity index (χ1v) is 26.7. The molecule has 0 radical (unpaired) electrons. The second-order valence-electron chi connectivity index (χ2n) is 13.0. The van der Waals surface area contributed by atoms with Crippen LogP contribution in [0.15, 0.2) is 70.5 Å². The summed E-state index contributed by atoms with van der Waals surface area (Å²) in [4.78, 5) is 1.31. The highest BCUT2D eigenvalue weighted by atomic mass is 33.1. The van der Waals surface area contributed by atoms with E-state index < -0.39 is 41.6 Å². The van der Waals surface area contributed by atoms with Gasteiger partial charge in [0.15, 0.2) is 7.06 Å². The Morgan fingerprint density at radius 3 is 1.02 bits per heavy atom. The molecule has 298 valence electrons. The second-order valence-corrected chi connectivity index (χ2v) is 23.0. The fourth-order valence-electron chi connectivity index (χ4n) is 5.60. The van der Waals surface area contributed by atoms with Gasteiger partial charge in [0.1, 0.15) is 0 Å². The van der Waals surface area contributed by atoms with Crippen LogP contribution in [0.25, 0.3) is 0 Å². The van der Waals surface area contributed by atoms with Gasteiger partial charge in [-0.25, -0.2) is 0 Å². The third-order valence-electron chi connectivity index (χ3n) is 8.44. The zero-order valence-electron chi connectivity index (χ0n) is 31.3. The Labute approximate surface area is 329 Å². The lowest BCUT2D eigenvalue weighted by Gasteiger charge is -2.18. The molecule has 52 heavy (non-hydrogen) atoms. The van der Waals surface area contributed by atoms with E-state index in [1.54, 1.807) is 48.5 Å². The van der Waals surface area contributed by atoms with E-state index in [1.807, 2.05) is 12.1 Å². The summed E-state index contributed by atoms with van der Waals surface area (Å²) in [7, 11) is -10.7. The van der Waals surface area contributed by atoms with Crippen LogP contribution in [0.5, 0.6) is 0 Å². The molecule has 14 heteroatoms. The van der Waals surface area contributed by atoms with Gasteiger partial charge < -0.3 is 0 Å². The van der Waals surface area contributed by atoms with Crippen LogP contribution < -0.4 is 9.44 Å². The molecule has 0 aromatic heterocycles. The Morgan fingerprint density at radius 2 is 0.750 bits per heavy atom. The second kappa shape index (κ2) is 28.7. The average molecular weight is 837 g/mol. The van der Waals surface area contributed by atoms with E-state index in [9.17, 15) is 25.9 Å². The molecular formula is C38H64N2O6S6. The maximum absolute atomic E-state index is 13.0. The normalized spacial score (nSPS) is 13.9. The van der Waals surface area contributed by atoms with Crippen molar-refractivity contribution >= 4 is 70.2 Å². The highest BCUT2D eigenvalue weighted by molar-refractivity contribution is 8.96. The molecule has 0 saturated heterocycles. The Hall–Kier alpha value is -0.680. The summed E-state index contributed by atoms with van der Waals surface area (Å²) in [5.74, 6) is 0. The van der Waals surface area contributed by atoms with Crippen molar-refractivity contribution in [1.29, 1.82) is 0 Å². The molecule has 8 nitrogen and oxygen atoms in total. The standard InChI is InChI=1S/C38H64N2O6S6/c1-3-5-7-9-11-13-15-17-19-27-33-39-49(35-29-23-21-24-30-35)37(51(41,42)43)47-48-38(52(44,45)46)50(36-31-25-22-26-32-36)40-34-28-20-18-16-14-12-10-8-6-4-2/h21-26,29-32,39-40H,3-20,27-28,33-34H2,1-2H3,(H,41,42,43)(H,44,45,46). The van der Waals surface area contributed by atoms with Crippen molar-refractivity contribution < 1.29 is 25.9 Å².